The van der Waals surface area contributed by atoms with E-state index in [9.17, 15) is 0 Å². The van der Waals surface area contributed by atoms with Gasteiger partial charge >= 0.3 is 0 Å². The van der Waals surface area contributed by atoms with Gasteiger partial charge in [0.25, 0.3) is 0 Å². The van der Waals surface area contributed by atoms with Crippen molar-refractivity contribution in [3.05, 3.63) is 0 Å². The highest BCUT2D eigenvalue weighted by molar-refractivity contribution is 5.85. The quantitative estimate of drug-likeness (QED) is 0.446. The van der Waals surface area contributed by atoms with Crippen LogP contribution >= 0.6 is 12.4 Å². The van der Waals surface area contributed by atoms with Crippen LogP contribution in [0.4, 0.5) is 0 Å². The summed E-state index contributed by atoms with van der Waals surface area (Å²) in [4.78, 5) is 0. The molecule has 0 fully saturated rings. The first-order valence-electron chi connectivity index (χ1n) is 1.23. The minimum absolute atomic E-state index is 0. The second kappa shape index (κ2) is 2.71. The highest BCUT2D eigenvalue weighted by Crippen LogP contribution is 1.87. The molecule has 34 valence electrons. The summed E-state index contributed by atoms with van der Waals surface area (Å²) < 4.78 is 0. The van der Waals surface area contributed by atoms with Crippen LogP contribution in [0, 0.1) is 0 Å². The van der Waals surface area contributed by atoms with E-state index in [1.165, 1.54) is 0 Å². The third-order valence-electron chi connectivity index (χ3n) is 0.293. The minimum atomic E-state index is 0. The van der Waals surface area contributed by atoms with E-state index < -0.39 is 0 Å². The Labute approximate surface area is 40.8 Å². The minimum Gasteiger partial charge on any atom is -0.147 e. The van der Waals surface area contributed by atoms with E-state index in [4.69, 9.17) is 0 Å². The Hall–Kier alpha value is -0.510. The summed E-state index contributed by atoms with van der Waals surface area (Å²) >= 11 is 0. The maximum atomic E-state index is 3.38. The lowest BCUT2D eigenvalue weighted by Crippen LogP contribution is -1.52. The summed E-state index contributed by atoms with van der Waals surface area (Å²) in [5.41, 5.74) is 0. The summed E-state index contributed by atoms with van der Waals surface area (Å²) in [5, 5.41) is 13.1. The second-order valence-electron chi connectivity index (χ2n) is 0.603. The molecule has 0 aromatic rings. The van der Waals surface area contributed by atoms with Crippen LogP contribution in [0.5, 0.6) is 0 Å². The van der Waals surface area contributed by atoms with Crippen molar-refractivity contribution >= 4 is 12.4 Å². The lowest BCUT2D eigenvalue weighted by molar-refractivity contribution is 1.05. The fourth-order valence-electron chi connectivity index (χ4n) is 0.141. The molecule has 5 heteroatoms. The predicted octanol–water partition coefficient (Wildman–Crippen LogP) is 1.20. The van der Waals surface area contributed by atoms with Gasteiger partial charge in [-0.2, -0.15) is 0 Å². The van der Waals surface area contributed by atoms with Crippen molar-refractivity contribution in [3.63, 3.8) is 0 Å². The van der Waals surface area contributed by atoms with Crippen molar-refractivity contribution in [1.82, 2.24) is 0 Å². The zero-order valence-corrected chi connectivity index (χ0v) is 3.72. The number of hydrogen-bond acceptors (Lipinski definition) is 4. The molecule has 1 rings (SSSR count). The first kappa shape index (κ1) is 5.49. The molecule has 0 bridgehead atoms. The predicted molar refractivity (Wildman–Crippen MR) is 21.8 cm³/mol. The van der Waals surface area contributed by atoms with E-state index in [0.29, 0.717) is 6.67 Å². The Kier molecular flexibility index (Phi) is 2.48. The van der Waals surface area contributed by atoms with E-state index >= 15 is 0 Å². The van der Waals surface area contributed by atoms with Gasteiger partial charge in [-0.3, -0.25) is 0 Å². The molecule has 0 atom stereocenters. The summed E-state index contributed by atoms with van der Waals surface area (Å²) in [6, 6.07) is 0. The molecule has 0 spiro atoms. The van der Waals surface area contributed by atoms with Gasteiger partial charge in [-0.05, 0) is 10.4 Å². The molecular weight excluding hydrogens is 103 g/mol. The fraction of sp³-hybridized carbons (Fsp3) is 1.00. The van der Waals surface area contributed by atoms with Gasteiger partial charge in [0.1, 0.15) is 0 Å². The van der Waals surface area contributed by atoms with Crippen LogP contribution in [0.3, 0.4) is 0 Å². The van der Waals surface area contributed by atoms with Crippen molar-refractivity contribution in [3.8, 4) is 0 Å². The molecule has 0 aromatic heterocycles. The van der Waals surface area contributed by atoms with E-state index in [0.717, 1.165) is 0 Å². The number of hydrogen-bond donors (Lipinski definition) is 0. The number of rotatable bonds is 0. The van der Waals surface area contributed by atoms with E-state index in [-0.39, 0.29) is 12.4 Å². The maximum Gasteiger partial charge on any atom is 0.175 e. The molecule has 0 aliphatic carbocycles. The molecule has 0 unspecified atom stereocenters. The first-order valence-corrected chi connectivity index (χ1v) is 1.23. The number of halogens is 1. The summed E-state index contributed by atoms with van der Waals surface area (Å²) in [6.45, 7) is 0.417. The zero-order chi connectivity index (χ0) is 3.54. The smallest absolute Gasteiger partial charge is 0.147 e. The summed E-state index contributed by atoms with van der Waals surface area (Å²) in [6.07, 6.45) is 0. The Balaban J connectivity index is 0.000000250. The normalized spacial score (nSPS) is 14.7. The third-order valence-corrected chi connectivity index (χ3v) is 0.293. The Morgan fingerprint density at radius 1 is 1.00 bits per heavy atom. The van der Waals surface area contributed by atoms with Crippen LogP contribution in [0.1, 0.15) is 0 Å². The van der Waals surface area contributed by atoms with Gasteiger partial charge in [0.15, 0.2) is 6.67 Å². The summed E-state index contributed by atoms with van der Waals surface area (Å²) in [5.74, 6) is 0. The molecule has 0 saturated carbocycles. The lowest BCUT2D eigenvalue weighted by atomic mass is 11.2. The average Bonchev–Trinajstić information content (AvgIpc) is 1.76. The van der Waals surface area contributed by atoms with Gasteiger partial charge in [0.05, 0.1) is 0 Å². The number of nitrogens with zero attached hydrogens (tertiary/aromatic N) is 4. The Morgan fingerprint density at radius 3 is 1.67 bits per heavy atom. The Morgan fingerprint density at radius 2 is 1.50 bits per heavy atom. The second-order valence-corrected chi connectivity index (χ2v) is 0.603. The van der Waals surface area contributed by atoms with Crippen LogP contribution in [0.25, 0.3) is 0 Å². The molecule has 0 saturated heterocycles. The third kappa shape index (κ3) is 1.07. The molecule has 6 heavy (non-hydrogen) atoms. The van der Waals surface area contributed by atoms with Crippen LogP contribution in [-0.4, -0.2) is 6.67 Å². The van der Waals surface area contributed by atoms with Crippen molar-refractivity contribution in [2.24, 2.45) is 20.7 Å². The van der Waals surface area contributed by atoms with Gasteiger partial charge in [0, 0.05) is 0 Å². The molecule has 0 radical (unpaired) electrons. The monoisotopic (exact) mass is 106 g/mol. The molecular formula is CH3ClN4. The Bertz CT molecular complexity index is 65.6. The van der Waals surface area contributed by atoms with Crippen LogP contribution < -0.4 is 0 Å². The molecule has 0 N–H and O–H groups in total. The van der Waals surface area contributed by atoms with Gasteiger partial charge < -0.3 is 0 Å². The molecule has 4 nitrogen and oxygen atoms in total. The van der Waals surface area contributed by atoms with E-state index in [1.807, 2.05) is 0 Å². The van der Waals surface area contributed by atoms with Gasteiger partial charge in [-0.15, -0.1) is 22.6 Å². The fourth-order valence-corrected chi connectivity index (χ4v) is 0.141. The van der Waals surface area contributed by atoms with Gasteiger partial charge in [-0.1, -0.05) is 0 Å². The average molecular weight is 107 g/mol. The van der Waals surface area contributed by atoms with Crippen LogP contribution in [0.2, 0.25) is 0 Å². The van der Waals surface area contributed by atoms with Crippen LogP contribution in [0.15, 0.2) is 20.7 Å². The molecule has 0 aromatic carbocycles. The van der Waals surface area contributed by atoms with E-state index in [1.54, 1.807) is 0 Å². The first-order chi connectivity index (χ1) is 2.50. The van der Waals surface area contributed by atoms with Gasteiger partial charge in [0.2, 0.25) is 0 Å². The topological polar surface area (TPSA) is 49.4 Å². The highest BCUT2D eigenvalue weighted by Gasteiger charge is 1.76. The molecule has 1 heterocycles. The van der Waals surface area contributed by atoms with Crippen LogP contribution in [-0.2, 0) is 0 Å². The van der Waals surface area contributed by atoms with Gasteiger partial charge in [-0.25, -0.2) is 0 Å². The molecule has 1 aliphatic rings. The zero-order valence-electron chi connectivity index (χ0n) is 2.90. The van der Waals surface area contributed by atoms with Crippen molar-refractivity contribution in [2.75, 3.05) is 6.67 Å². The van der Waals surface area contributed by atoms with Crippen molar-refractivity contribution < 1.29 is 0 Å². The maximum absolute atomic E-state index is 3.38. The molecule has 1 aliphatic heterocycles. The summed E-state index contributed by atoms with van der Waals surface area (Å²) in [7, 11) is 0. The SMILES string of the molecule is C1N=NN=N1.Cl. The molecule has 0 amide bonds. The van der Waals surface area contributed by atoms with Crippen molar-refractivity contribution in [1.29, 1.82) is 0 Å². The largest absolute Gasteiger partial charge is 0.175 e. The van der Waals surface area contributed by atoms with E-state index in [2.05, 4.69) is 20.7 Å². The standard InChI is InChI=1S/CH2N4.ClH/c1-2-4-5-3-1;/h1H2;1H. The highest BCUT2D eigenvalue weighted by atomic mass is 35.5. The lowest BCUT2D eigenvalue weighted by Gasteiger charge is -1.52. The van der Waals surface area contributed by atoms with Crippen molar-refractivity contribution in [2.45, 2.75) is 0 Å².